The van der Waals surface area contributed by atoms with Gasteiger partial charge in [0.05, 0.1) is 17.9 Å². The molecule has 0 amide bonds. The molecule has 1 saturated heterocycles. The molecular formula is C13H18N2O3S. The Morgan fingerprint density at radius 2 is 2.26 bits per heavy atom. The van der Waals surface area contributed by atoms with Crippen molar-refractivity contribution in [1.82, 2.24) is 4.98 Å². The molecule has 104 valence electrons. The molecule has 6 heteroatoms. The van der Waals surface area contributed by atoms with Crippen molar-refractivity contribution in [2.75, 3.05) is 24.6 Å². The van der Waals surface area contributed by atoms with E-state index in [9.17, 15) is 9.90 Å². The van der Waals surface area contributed by atoms with Gasteiger partial charge in [0, 0.05) is 19.0 Å². The third kappa shape index (κ3) is 2.60. The molecule has 1 aliphatic heterocycles. The first-order chi connectivity index (χ1) is 8.96. The van der Waals surface area contributed by atoms with Gasteiger partial charge < -0.3 is 14.7 Å². The average molecular weight is 282 g/mol. The van der Waals surface area contributed by atoms with Crippen LogP contribution in [0.25, 0.3) is 0 Å². The minimum atomic E-state index is -0.849. The Morgan fingerprint density at radius 1 is 1.53 bits per heavy atom. The lowest BCUT2D eigenvalue weighted by Gasteiger charge is -2.37. The van der Waals surface area contributed by atoms with Crippen molar-refractivity contribution in [2.45, 2.75) is 38.2 Å². The number of hydrogen-bond acceptors (Lipinski definition) is 5. The Morgan fingerprint density at radius 3 is 2.84 bits per heavy atom. The summed E-state index contributed by atoms with van der Waals surface area (Å²) in [6.45, 7) is 6.29. The molecule has 0 radical (unpaired) electrons. The number of hydrogen-bond donors (Lipinski definition) is 1. The van der Waals surface area contributed by atoms with E-state index in [1.807, 2.05) is 13.8 Å². The first-order valence-electron chi connectivity index (χ1n) is 6.59. The molecule has 0 aromatic carbocycles. The van der Waals surface area contributed by atoms with Crippen LogP contribution in [-0.2, 0) is 4.74 Å². The van der Waals surface area contributed by atoms with E-state index in [2.05, 4.69) is 9.88 Å². The minimum Gasteiger partial charge on any atom is -0.477 e. The van der Waals surface area contributed by atoms with Crippen molar-refractivity contribution in [3.8, 4) is 0 Å². The molecule has 3 rings (SSSR count). The van der Waals surface area contributed by atoms with Gasteiger partial charge in [-0.3, -0.25) is 0 Å². The Balaban J connectivity index is 1.88. The monoisotopic (exact) mass is 282 g/mol. The Bertz CT molecular complexity index is 508. The Labute approximate surface area is 116 Å². The van der Waals surface area contributed by atoms with Gasteiger partial charge in [-0.25, -0.2) is 9.78 Å². The van der Waals surface area contributed by atoms with Gasteiger partial charge in [0.15, 0.2) is 5.13 Å². The van der Waals surface area contributed by atoms with Crippen LogP contribution >= 0.6 is 11.3 Å². The topological polar surface area (TPSA) is 62.7 Å². The zero-order chi connectivity index (χ0) is 13.6. The summed E-state index contributed by atoms with van der Waals surface area (Å²) in [6, 6.07) is 0. The van der Waals surface area contributed by atoms with Crippen molar-refractivity contribution in [2.24, 2.45) is 0 Å². The quantitative estimate of drug-likeness (QED) is 0.922. The van der Waals surface area contributed by atoms with Crippen molar-refractivity contribution < 1.29 is 14.6 Å². The number of ether oxygens (including phenoxy) is 1. The number of aromatic nitrogens is 1. The molecular weight excluding hydrogens is 264 g/mol. The number of carboxylic acid groups (broad SMARTS) is 1. The first-order valence-corrected chi connectivity index (χ1v) is 7.41. The highest BCUT2D eigenvalue weighted by Gasteiger charge is 2.35. The lowest BCUT2D eigenvalue weighted by molar-refractivity contribution is -0.0277. The average Bonchev–Trinajstić information content (AvgIpc) is 3.06. The van der Waals surface area contributed by atoms with E-state index in [4.69, 9.17) is 4.74 Å². The highest BCUT2D eigenvalue weighted by molar-refractivity contribution is 7.17. The van der Waals surface area contributed by atoms with E-state index in [1.165, 1.54) is 11.3 Å². The van der Waals surface area contributed by atoms with Crippen LogP contribution < -0.4 is 4.90 Å². The van der Waals surface area contributed by atoms with Crippen molar-refractivity contribution in [3.63, 3.8) is 0 Å². The van der Waals surface area contributed by atoms with Gasteiger partial charge in [0.2, 0.25) is 0 Å². The van der Waals surface area contributed by atoms with Crippen molar-refractivity contribution in [3.05, 3.63) is 10.6 Å². The lowest BCUT2D eigenvalue weighted by atomic mass is 10.1. The predicted octanol–water partition coefficient (Wildman–Crippen LogP) is 2.33. The zero-order valence-corrected chi connectivity index (χ0v) is 12.0. The fraction of sp³-hybridized carbons (Fsp3) is 0.692. The number of nitrogens with zero attached hydrogens (tertiary/aromatic N) is 2. The summed E-state index contributed by atoms with van der Waals surface area (Å²) < 4.78 is 5.68. The molecule has 1 aromatic rings. The number of carbonyl (C=O) groups is 1. The smallest absolute Gasteiger partial charge is 0.347 e. The summed E-state index contributed by atoms with van der Waals surface area (Å²) in [7, 11) is 0. The molecule has 0 bridgehead atoms. The number of aromatic carboxylic acids is 1. The standard InChI is InChI=1S/C13H18N2O3S/c1-13(2)7-15(5-6-18-13)12-14-9(8-3-4-8)10(19-12)11(16)17/h8H,3-7H2,1-2H3,(H,16,17). The van der Waals surface area contributed by atoms with E-state index in [0.717, 1.165) is 36.8 Å². The van der Waals surface area contributed by atoms with Crippen molar-refractivity contribution >= 4 is 22.4 Å². The predicted molar refractivity (Wildman–Crippen MR) is 73.3 cm³/mol. The van der Waals surface area contributed by atoms with Crippen LogP contribution in [0.1, 0.15) is 48.0 Å². The van der Waals surface area contributed by atoms with Gasteiger partial charge in [-0.2, -0.15) is 0 Å². The van der Waals surface area contributed by atoms with E-state index < -0.39 is 5.97 Å². The zero-order valence-electron chi connectivity index (χ0n) is 11.2. The van der Waals surface area contributed by atoms with Crippen LogP contribution in [0.3, 0.4) is 0 Å². The van der Waals surface area contributed by atoms with Crippen LogP contribution in [0.5, 0.6) is 0 Å². The summed E-state index contributed by atoms with van der Waals surface area (Å²) >= 11 is 1.30. The van der Waals surface area contributed by atoms with Gasteiger partial charge in [0.1, 0.15) is 4.88 Å². The van der Waals surface area contributed by atoms with E-state index in [1.54, 1.807) is 0 Å². The minimum absolute atomic E-state index is 0.201. The number of thiazole rings is 1. The van der Waals surface area contributed by atoms with Gasteiger partial charge in [-0.05, 0) is 26.7 Å². The SMILES string of the molecule is CC1(C)CN(c2nc(C3CC3)c(C(=O)O)s2)CCO1. The Kier molecular flexibility index (Phi) is 3.02. The van der Waals surface area contributed by atoms with Crippen LogP contribution in [0.2, 0.25) is 0 Å². The molecule has 1 aromatic heterocycles. The van der Waals surface area contributed by atoms with E-state index in [0.29, 0.717) is 17.4 Å². The first kappa shape index (κ1) is 12.9. The second-order valence-electron chi connectivity index (χ2n) is 5.82. The molecule has 2 heterocycles. The summed E-state index contributed by atoms with van der Waals surface area (Å²) in [5.41, 5.74) is 0.587. The molecule has 5 nitrogen and oxygen atoms in total. The third-order valence-corrected chi connectivity index (χ3v) is 4.62. The number of rotatable bonds is 3. The molecule has 0 spiro atoms. The summed E-state index contributed by atoms with van der Waals surface area (Å²) in [6.07, 6.45) is 2.14. The second kappa shape index (κ2) is 4.45. The summed E-state index contributed by atoms with van der Waals surface area (Å²) in [4.78, 5) is 18.5. The molecule has 1 aliphatic carbocycles. The molecule has 0 atom stereocenters. The molecule has 0 unspecified atom stereocenters. The highest BCUT2D eigenvalue weighted by Crippen LogP contribution is 2.44. The highest BCUT2D eigenvalue weighted by atomic mass is 32.1. The van der Waals surface area contributed by atoms with Crippen LogP contribution in [0.4, 0.5) is 5.13 Å². The Hall–Kier alpha value is -1.14. The fourth-order valence-corrected chi connectivity index (χ4v) is 3.44. The summed E-state index contributed by atoms with van der Waals surface area (Å²) in [5, 5.41) is 10.1. The molecule has 19 heavy (non-hydrogen) atoms. The fourth-order valence-electron chi connectivity index (χ4n) is 2.42. The third-order valence-electron chi connectivity index (χ3n) is 3.50. The number of carboxylic acids is 1. The summed E-state index contributed by atoms with van der Waals surface area (Å²) in [5.74, 6) is -0.483. The van der Waals surface area contributed by atoms with Crippen LogP contribution in [-0.4, -0.2) is 41.4 Å². The maximum atomic E-state index is 11.3. The van der Waals surface area contributed by atoms with Gasteiger partial charge in [-0.15, -0.1) is 0 Å². The van der Waals surface area contributed by atoms with Crippen LogP contribution in [0.15, 0.2) is 0 Å². The lowest BCUT2D eigenvalue weighted by Crippen LogP contribution is -2.48. The number of morpholine rings is 1. The van der Waals surface area contributed by atoms with E-state index >= 15 is 0 Å². The van der Waals surface area contributed by atoms with Crippen LogP contribution in [0, 0.1) is 0 Å². The van der Waals surface area contributed by atoms with Gasteiger partial charge in [0.25, 0.3) is 0 Å². The van der Waals surface area contributed by atoms with Gasteiger partial charge in [-0.1, -0.05) is 11.3 Å². The largest absolute Gasteiger partial charge is 0.477 e. The van der Waals surface area contributed by atoms with Gasteiger partial charge >= 0.3 is 5.97 Å². The molecule has 2 fully saturated rings. The molecule has 1 N–H and O–H groups in total. The normalized spacial score (nSPS) is 22.5. The molecule has 1 saturated carbocycles. The maximum absolute atomic E-state index is 11.3. The molecule has 2 aliphatic rings. The van der Waals surface area contributed by atoms with E-state index in [-0.39, 0.29) is 5.60 Å². The number of anilines is 1. The second-order valence-corrected chi connectivity index (χ2v) is 6.80. The maximum Gasteiger partial charge on any atom is 0.347 e. The van der Waals surface area contributed by atoms with Crippen molar-refractivity contribution in [1.29, 1.82) is 0 Å².